The molecule has 1 rings (SSSR count). The van der Waals surface area contributed by atoms with Gasteiger partial charge >= 0.3 is 0 Å². The molecule has 0 aliphatic heterocycles. The van der Waals surface area contributed by atoms with Crippen LogP contribution in [0, 0.1) is 0 Å². The molecule has 2 heteroatoms. The minimum Gasteiger partial charge on any atom is -0.195 e. The van der Waals surface area contributed by atoms with Crippen LogP contribution in [-0.2, 0) is 13.1 Å². The molecule has 0 radical (unpaired) electrons. The smallest absolute Gasteiger partial charge is 0.195 e. The summed E-state index contributed by atoms with van der Waals surface area (Å²) in [6.45, 7) is 6.96. The largest absolute Gasteiger partial charge is 0.233 e. The average Bonchev–Trinajstić information content (AvgIpc) is 2.94. The SMILES string of the molecule is CCCCCCCCCCCCCCCC[n+]1cc[n+](CCCCCCCCCCCCCCCC)cc1. The maximum absolute atomic E-state index is 2.38. The van der Waals surface area contributed by atoms with Gasteiger partial charge in [0, 0.05) is 12.8 Å². The van der Waals surface area contributed by atoms with Crippen LogP contribution in [0.4, 0.5) is 0 Å². The normalized spacial score (nSPS) is 11.4. The predicted molar refractivity (Wildman–Crippen MR) is 167 cm³/mol. The van der Waals surface area contributed by atoms with Crippen molar-refractivity contribution in [2.75, 3.05) is 0 Å². The molecule has 1 heterocycles. The van der Waals surface area contributed by atoms with Gasteiger partial charge in [0.25, 0.3) is 0 Å². The number of hydrogen-bond acceptors (Lipinski definition) is 0. The van der Waals surface area contributed by atoms with Crippen molar-refractivity contribution in [3.05, 3.63) is 24.8 Å². The van der Waals surface area contributed by atoms with E-state index in [9.17, 15) is 0 Å². The van der Waals surface area contributed by atoms with Gasteiger partial charge in [-0.2, -0.15) is 9.13 Å². The van der Waals surface area contributed by atoms with E-state index in [0.29, 0.717) is 0 Å². The maximum Gasteiger partial charge on any atom is 0.233 e. The summed E-state index contributed by atoms with van der Waals surface area (Å²) < 4.78 is 4.75. The van der Waals surface area contributed by atoms with Crippen LogP contribution in [-0.4, -0.2) is 0 Å². The molecule has 0 atom stereocenters. The van der Waals surface area contributed by atoms with Gasteiger partial charge in [0.2, 0.25) is 24.8 Å². The number of hydrogen-bond donors (Lipinski definition) is 0. The lowest BCUT2D eigenvalue weighted by molar-refractivity contribution is -0.751. The molecule has 0 fully saturated rings. The van der Waals surface area contributed by atoms with Gasteiger partial charge in [0.05, 0.1) is 0 Å². The second-order valence-electron chi connectivity index (χ2n) is 12.3. The van der Waals surface area contributed by atoms with E-state index in [0.717, 1.165) is 0 Å². The van der Waals surface area contributed by atoms with Gasteiger partial charge in [0.1, 0.15) is 13.1 Å². The maximum atomic E-state index is 2.38. The Balaban J connectivity index is 1.83. The molecule has 0 aliphatic rings. The molecule has 2 nitrogen and oxygen atoms in total. The fraction of sp³-hybridized carbons (Fsp3) is 0.889. The Bertz CT molecular complexity index is 516. The Hall–Kier alpha value is -0.920. The van der Waals surface area contributed by atoms with Crippen molar-refractivity contribution >= 4 is 0 Å². The molecule has 0 amide bonds. The summed E-state index contributed by atoms with van der Waals surface area (Å²) in [4.78, 5) is 0. The van der Waals surface area contributed by atoms with Gasteiger partial charge in [-0.1, -0.05) is 168 Å². The lowest BCUT2D eigenvalue weighted by Gasteiger charge is -2.03. The highest BCUT2D eigenvalue weighted by molar-refractivity contribution is 4.55. The molecule has 222 valence electrons. The third-order valence-electron chi connectivity index (χ3n) is 8.44. The van der Waals surface area contributed by atoms with Gasteiger partial charge in [0.15, 0.2) is 0 Å². The summed E-state index contributed by atoms with van der Waals surface area (Å²) in [5, 5.41) is 0. The number of nitrogens with zero attached hydrogens (tertiary/aromatic N) is 2. The van der Waals surface area contributed by atoms with E-state index < -0.39 is 0 Å². The van der Waals surface area contributed by atoms with E-state index in [2.05, 4.69) is 47.8 Å². The molecular formula is C36H70N2+2. The molecule has 0 spiro atoms. The van der Waals surface area contributed by atoms with Gasteiger partial charge in [-0.05, 0) is 12.8 Å². The van der Waals surface area contributed by atoms with Crippen LogP contribution >= 0.6 is 0 Å². The first-order valence-corrected chi connectivity index (χ1v) is 17.7. The summed E-state index contributed by atoms with van der Waals surface area (Å²) in [5.74, 6) is 0. The third kappa shape index (κ3) is 24.1. The molecule has 0 saturated carbocycles. The Labute approximate surface area is 240 Å². The fourth-order valence-corrected chi connectivity index (χ4v) is 5.72. The summed E-state index contributed by atoms with van der Waals surface area (Å²) in [6.07, 6.45) is 49.3. The van der Waals surface area contributed by atoms with Crippen LogP contribution in [0.5, 0.6) is 0 Å². The molecule has 0 bridgehead atoms. The molecule has 1 aromatic heterocycles. The van der Waals surface area contributed by atoms with Crippen molar-refractivity contribution in [2.24, 2.45) is 0 Å². The summed E-state index contributed by atoms with van der Waals surface area (Å²) in [7, 11) is 0. The van der Waals surface area contributed by atoms with Crippen LogP contribution < -0.4 is 9.13 Å². The van der Waals surface area contributed by atoms with Crippen LogP contribution in [0.2, 0.25) is 0 Å². The fourth-order valence-electron chi connectivity index (χ4n) is 5.72. The molecule has 0 aromatic carbocycles. The lowest BCUT2D eigenvalue weighted by atomic mass is 10.0. The minimum absolute atomic E-state index is 1.18. The monoisotopic (exact) mass is 531 g/mol. The zero-order chi connectivity index (χ0) is 27.2. The Kier molecular flexibility index (Phi) is 26.9. The van der Waals surface area contributed by atoms with Crippen LogP contribution in [0.25, 0.3) is 0 Å². The first-order chi connectivity index (χ1) is 18.9. The zero-order valence-electron chi connectivity index (χ0n) is 26.4. The van der Waals surface area contributed by atoms with Crippen molar-refractivity contribution in [1.29, 1.82) is 0 Å². The second kappa shape index (κ2) is 29.1. The quantitative estimate of drug-likeness (QED) is 0.0690. The Morgan fingerprint density at radius 2 is 0.447 bits per heavy atom. The van der Waals surface area contributed by atoms with Crippen molar-refractivity contribution in [3.8, 4) is 0 Å². The highest BCUT2D eigenvalue weighted by Gasteiger charge is 2.06. The van der Waals surface area contributed by atoms with E-state index in [1.807, 2.05) is 0 Å². The van der Waals surface area contributed by atoms with Gasteiger partial charge in [-0.3, -0.25) is 0 Å². The second-order valence-corrected chi connectivity index (χ2v) is 12.3. The van der Waals surface area contributed by atoms with Gasteiger partial charge in [-0.15, -0.1) is 0 Å². The number of unbranched alkanes of at least 4 members (excludes halogenated alkanes) is 26. The topological polar surface area (TPSA) is 7.76 Å². The molecule has 0 N–H and O–H groups in total. The van der Waals surface area contributed by atoms with E-state index >= 15 is 0 Å². The first kappa shape index (κ1) is 35.1. The van der Waals surface area contributed by atoms with E-state index in [1.54, 1.807) is 0 Å². The van der Waals surface area contributed by atoms with Crippen molar-refractivity contribution in [1.82, 2.24) is 0 Å². The van der Waals surface area contributed by atoms with E-state index in [4.69, 9.17) is 0 Å². The highest BCUT2D eigenvalue weighted by atomic mass is 15.0. The van der Waals surface area contributed by atoms with Crippen molar-refractivity contribution < 1.29 is 9.13 Å². The van der Waals surface area contributed by atoms with Crippen molar-refractivity contribution in [2.45, 2.75) is 207 Å². The summed E-state index contributed by atoms with van der Waals surface area (Å²) in [5.41, 5.74) is 0. The standard InChI is InChI=1S/C36H70N2/c1-3-5-7-9-11-13-15-17-19-21-23-25-27-29-31-37-33-35-38(36-34-37)32-30-28-26-24-22-20-18-16-14-12-10-8-6-4-2/h33-36H,3-32H2,1-2H3/q+2. The van der Waals surface area contributed by atoms with E-state index in [-0.39, 0.29) is 0 Å². The van der Waals surface area contributed by atoms with Crippen LogP contribution in [0.1, 0.15) is 194 Å². The Morgan fingerprint density at radius 3 is 0.658 bits per heavy atom. The molecule has 38 heavy (non-hydrogen) atoms. The number of rotatable bonds is 30. The molecular weight excluding hydrogens is 460 g/mol. The predicted octanol–water partition coefficient (Wildman–Crippen LogP) is 11.2. The molecule has 0 aliphatic carbocycles. The van der Waals surface area contributed by atoms with Crippen molar-refractivity contribution in [3.63, 3.8) is 0 Å². The highest BCUT2D eigenvalue weighted by Crippen LogP contribution is 2.14. The lowest BCUT2D eigenvalue weighted by Crippen LogP contribution is -2.41. The van der Waals surface area contributed by atoms with Gasteiger partial charge < -0.3 is 0 Å². The number of aryl methyl sites for hydroxylation is 2. The molecule has 0 saturated heterocycles. The van der Waals surface area contributed by atoms with E-state index in [1.165, 1.54) is 193 Å². The molecule has 1 aromatic rings. The first-order valence-electron chi connectivity index (χ1n) is 17.7. The molecule has 0 unspecified atom stereocenters. The third-order valence-corrected chi connectivity index (χ3v) is 8.44. The summed E-state index contributed by atoms with van der Waals surface area (Å²) >= 11 is 0. The minimum atomic E-state index is 1.18. The average molecular weight is 531 g/mol. The Morgan fingerprint density at radius 1 is 0.263 bits per heavy atom. The summed E-state index contributed by atoms with van der Waals surface area (Å²) in [6, 6.07) is 0. The van der Waals surface area contributed by atoms with Crippen LogP contribution in [0.3, 0.4) is 0 Å². The zero-order valence-corrected chi connectivity index (χ0v) is 26.4. The van der Waals surface area contributed by atoms with Crippen LogP contribution in [0.15, 0.2) is 24.8 Å². The van der Waals surface area contributed by atoms with Gasteiger partial charge in [-0.25, -0.2) is 0 Å². The number of aromatic nitrogens is 2.